The predicted molar refractivity (Wildman–Crippen MR) is 58.6 cm³/mol. The highest BCUT2D eigenvalue weighted by Gasteiger charge is 1.89. The maximum Gasteiger partial charge on any atom is 0.152 e. The summed E-state index contributed by atoms with van der Waals surface area (Å²) in [4.78, 5) is 8.39. The van der Waals surface area contributed by atoms with E-state index in [4.69, 9.17) is 0 Å². The topological polar surface area (TPSA) is 25.8 Å². The van der Waals surface area contributed by atoms with E-state index in [9.17, 15) is 0 Å². The minimum absolute atomic E-state index is 0.795. The SMILES string of the molecule is CCCS/C=C/c1nccc(C)n1. The van der Waals surface area contributed by atoms with E-state index in [-0.39, 0.29) is 0 Å². The fraction of sp³-hybridized carbons (Fsp3) is 0.400. The molecule has 1 heterocycles. The second kappa shape index (κ2) is 5.75. The third-order valence-corrected chi connectivity index (χ3v) is 2.42. The number of rotatable bonds is 4. The first-order valence-corrected chi connectivity index (χ1v) is 5.45. The molecular formula is C10H14N2S. The molecule has 0 atom stereocenters. The monoisotopic (exact) mass is 194 g/mol. The van der Waals surface area contributed by atoms with E-state index in [0.717, 1.165) is 17.3 Å². The van der Waals surface area contributed by atoms with Crippen LogP contribution >= 0.6 is 11.8 Å². The van der Waals surface area contributed by atoms with E-state index in [1.54, 1.807) is 18.0 Å². The smallest absolute Gasteiger partial charge is 0.152 e. The van der Waals surface area contributed by atoms with Crippen molar-refractivity contribution in [1.29, 1.82) is 0 Å². The van der Waals surface area contributed by atoms with Crippen molar-refractivity contribution in [3.63, 3.8) is 0 Å². The van der Waals surface area contributed by atoms with Crippen LogP contribution in [-0.4, -0.2) is 15.7 Å². The normalized spacial score (nSPS) is 10.9. The Kier molecular flexibility index (Phi) is 4.54. The number of thioether (sulfide) groups is 1. The molecule has 0 aliphatic rings. The highest BCUT2D eigenvalue weighted by atomic mass is 32.2. The molecule has 0 aromatic carbocycles. The Morgan fingerprint density at radius 3 is 3.08 bits per heavy atom. The van der Waals surface area contributed by atoms with Gasteiger partial charge in [0.15, 0.2) is 5.82 Å². The summed E-state index contributed by atoms with van der Waals surface area (Å²) < 4.78 is 0. The first kappa shape index (κ1) is 10.3. The molecule has 13 heavy (non-hydrogen) atoms. The molecular weight excluding hydrogens is 180 g/mol. The van der Waals surface area contributed by atoms with Crippen molar-refractivity contribution in [3.8, 4) is 0 Å². The quantitative estimate of drug-likeness (QED) is 0.689. The number of hydrogen-bond acceptors (Lipinski definition) is 3. The van der Waals surface area contributed by atoms with E-state index in [0.29, 0.717) is 0 Å². The second-order valence-electron chi connectivity index (χ2n) is 2.73. The molecule has 0 aliphatic carbocycles. The lowest BCUT2D eigenvalue weighted by Crippen LogP contribution is -1.87. The molecule has 0 saturated heterocycles. The minimum atomic E-state index is 0.795. The van der Waals surface area contributed by atoms with Gasteiger partial charge in [-0.25, -0.2) is 9.97 Å². The van der Waals surface area contributed by atoms with Gasteiger partial charge in [-0.1, -0.05) is 6.92 Å². The molecule has 1 rings (SSSR count). The maximum atomic E-state index is 4.26. The lowest BCUT2D eigenvalue weighted by molar-refractivity contribution is 1.08. The van der Waals surface area contributed by atoms with Crippen molar-refractivity contribution in [2.45, 2.75) is 20.3 Å². The molecule has 2 nitrogen and oxygen atoms in total. The van der Waals surface area contributed by atoms with Gasteiger partial charge in [0.2, 0.25) is 0 Å². The van der Waals surface area contributed by atoms with E-state index >= 15 is 0 Å². The second-order valence-corrected chi connectivity index (χ2v) is 3.74. The Hall–Kier alpha value is -0.830. The molecule has 1 aromatic rings. The first-order chi connectivity index (χ1) is 6.33. The largest absolute Gasteiger partial charge is 0.237 e. The van der Waals surface area contributed by atoms with E-state index in [1.807, 2.05) is 19.1 Å². The van der Waals surface area contributed by atoms with E-state index < -0.39 is 0 Å². The Bertz CT molecular complexity index is 284. The zero-order valence-electron chi connectivity index (χ0n) is 8.03. The van der Waals surface area contributed by atoms with Gasteiger partial charge < -0.3 is 0 Å². The van der Waals surface area contributed by atoms with Crippen LogP contribution in [0.1, 0.15) is 24.9 Å². The molecule has 0 fully saturated rings. The Balaban J connectivity index is 2.48. The highest BCUT2D eigenvalue weighted by Crippen LogP contribution is 2.06. The van der Waals surface area contributed by atoms with Crippen molar-refractivity contribution in [1.82, 2.24) is 9.97 Å². The van der Waals surface area contributed by atoms with Crippen molar-refractivity contribution in [2.75, 3.05) is 5.75 Å². The summed E-state index contributed by atoms with van der Waals surface area (Å²) in [5.74, 6) is 1.95. The fourth-order valence-corrected chi connectivity index (χ4v) is 1.43. The molecule has 3 heteroatoms. The summed E-state index contributed by atoms with van der Waals surface area (Å²) in [6, 6.07) is 1.90. The van der Waals surface area contributed by atoms with Crippen LogP contribution in [0.4, 0.5) is 0 Å². The van der Waals surface area contributed by atoms with Crippen molar-refractivity contribution in [2.24, 2.45) is 0 Å². The first-order valence-electron chi connectivity index (χ1n) is 4.40. The third-order valence-electron chi connectivity index (χ3n) is 1.45. The molecule has 1 aromatic heterocycles. The van der Waals surface area contributed by atoms with Crippen LogP contribution in [0.15, 0.2) is 17.7 Å². The number of aromatic nitrogens is 2. The van der Waals surface area contributed by atoms with Crippen molar-refractivity contribution in [3.05, 3.63) is 29.2 Å². The Labute approximate surface area is 83.5 Å². The summed E-state index contributed by atoms with van der Waals surface area (Å²) in [7, 11) is 0. The minimum Gasteiger partial charge on any atom is -0.237 e. The molecule has 0 bridgehead atoms. The van der Waals surface area contributed by atoms with Gasteiger partial charge >= 0.3 is 0 Å². The zero-order valence-corrected chi connectivity index (χ0v) is 8.84. The predicted octanol–water partition coefficient (Wildman–Crippen LogP) is 2.90. The number of hydrogen-bond donors (Lipinski definition) is 0. The van der Waals surface area contributed by atoms with Crippen LogP contribution in [0.3, 0.4) is 0 Å². The van der Waals surface area contributed by atoms with Crippen LogP contribution in [0.5, 0.6) is 0 Å². The van der Waals surface area contributed by atoms with Gasteiger partial charge in [-0.15, -0.1) is 11.8 Å². The zero-order chi connectivity index (χ0) is 9.52. The standard InChI is InChI=1S/C10H14N2S/c1-3-7-13-8-5-10-11-6-4-9(2)12-10/h4-6,8H,3,7H2,1-2H3/b8-5+. The lowest BCUT2D eigenvalue weighted by atomic mass is 10.4. The maximum absolute atomic E-state index is 4.26. The van der Waals surface area contributed by atoms with Crippen LogP contribution in [0.2, 0.25) is 0 Å². The lowest BCUT2D eigenvalue weighted by Gasteiger charge is -1.93. The van der Waals surface area contributed by atoms with E-state index in [2.05, 4.69) is 22.3 Å². The van der Waals surface area contributed by atoms with Gasteiger partial charge in [-0.05, 0) is 36.6 Å². The van der Waals surface area contributed by atoms with Gasteiger partial charge in [0.25, 0.3) is 0 Å². The number of aryl methyl sites for hydroxylation is 1. The summed E-state index contributed by atoms with van der Waals surface area (Å²) >= 11 is 1.79. The van der Waals surface area contributed by atoms with Crippen molar-refractivity contribution < 1.29 is 0 Å². The van der Waals surface area contributed by atoms with Gasteiger partial charge in [-0.3, -0.25) is 0 Å². The summed E-state index contributed by atoms with van der Waals surface area (Å²) in [6.45, 7) is 4.14. The molecule has 0 spiro atoms. The molecule has 0 amide bonds. The molecule has 0 unspecified atom stereocenters. The van der Waals surface area contributed by atoms with Gasteiger partial charge in [0.1, 0.15) is 0 Å². The van der Waals surface area contributed by atoms with Crippen LogP contribution in [-0.2, 0) is 0 Å². The van der Waals surface area contributed by atoms with Gasteiger partial charge in [0, 0.05) is 11.9 Å². The summed E-state index contributed by atoms with van der Waals surface area (Å²) in [5, 5.41) is 2.05. The molecule has 70 valence electrons. The average molecular weight is 194 g/mol. The molecule has 0 aliphatic heterocycles. The Morgan fingerprint density at radius 2 is 2.38 bits per heavy atom. The number of nitrogens with zero attached hydrogens (tertiary/aromatic N) is 2. The van der Waals surface area contributed by atoms with Crippen LogP contribution in [0.25, 0.3) is 6.08 Å². The Morgan fingerprint density at radius 1 is 1.54 bits per heavy atom. The van der Waals surface area contributed by atoms with Crippen molar-refractivity contribution >= 4 is 17.8 Å². The van der Waals surface area contributed by atoms with Gasteiger partial charge in [0.05, 0.1) is 0 Å². The van der Waals surface area contributed by atoms with Gasteiger partial charge in [-0.2, -0.15) is 0 Å². The van der Waals surface area contributed by atoms with Crippen LogP contribution in [0, 0.1) is 6.92 Å². The van der Waals surface area contributed by atoms with Crippen LogP contribution < -0.4 is 0 Å². The summed E-state index contributed by atoms with van der Waals surface area (Å²) in [5.41, 5.74) is 1.01. The highest BCUT2D eigenvalue weighted by molar-refractivity contribution is 8.02. The molecule has 0 saturated carbocycles. The summed E-state index contributed by atoms with van der Waals surface area (Å²) in [6.07, 6.45) is 4.93. The molecule has 0 N–H and O–H groups in total. The average Bonchev–Trinajstić information content (AvgIpc) is 2.13. The third kappa shape index (κ3) is 4.08. The van der Waals surface area contributed by atoms with E-state index in [1.165, 1.54) is 6.42 Å². The fourth-order valence-electron chi connectivity index (χ4n) is 0.843. The molecule has 0 radical (unpaired) electrons.